The van der Waals surface area contributed by atoms with Gasteiger partial charge >= 0.3 is 11.7 Å². The third-order valence-corrected chi connectivity index (χ3v) is 5.90. The molecule has 0 spiro atoms. The zero-order valence-electron chi connectivity index (χ0n) is 16.2. The Kier molecular flexibility index (Phi) is 5.25. The first-order valence-electron chi connectivity index (χ1n) is 8.64. The fourth-order valence-electron chi connectivity index (χ4n) is 2.72. The smallest absolute Gasteiger partial charge is 0.343 e. The van der Waals surface area contributed by atoms with Crippen molar-refractivity contribution in [3.8, 4) is 0 Å². The highest BCUT2D eigenvalue weighted by Crippen LogP contribution is 2.22. The monoisotopic (exact) mass is 451 g/mol. The summed E-state index contributed by atoms with van der Waals surface area (Å²) >= 11 is 5.85. The summed E-state index contributed by atoms with van der Waals surface area (Å²) in [6.07, 6.45) is 0. The molecule has 0 fully saturated rings. The summed E-state index contributed by atoms with van der Waals surface area (Å²) in [5.74, 6) is -0.735. The van der Waals surface area contributed by atoms with Crippen molar-refractivity contribution in [2.24, 2.45) is 0 Å². The van der Waals surface area contributed by atoms with Gasteiger partial charge in [0.25, 0.3) is 15.6 Å². The van der Waals surface area contributed by atoms with Crippen molar-refractivity contribution < 1.29 is 17.9 Å². The predicted molar refractivity (Wildman–Crippen MR) is 112 cm³/mol. The lowest BCUT2D eigenvalue weighted by atomic mass is 10.1. The quantitative estimate of drug-likeness (QED) is 0.458. The number of carbonyl (C=O) groups is 1. The van der Waals surface area contributed by atoms with Gasteiger partial charge < -0.3 is 15.5 Å². The van der Waals surface area contributed by atoms with Crippen LogP contribution in [0.5, 0.6) is 0 Å². The van der Waals surface area contributed by atoms with Gasteiger partial charge in [0.15, 0.2) is 0 Å². The van der Waals surface area contributed by atoms with Crippen LogP contribution in [-0.4, -0.2) is 28.9 Å². The van der Waals surface area contributed by atoms with E-state index >= 15 is 0 Å². The van der Waals surface area contributed by atoms with Crippen LogP contribution < -0.4 is 17.0 Å². The van der Waals surface area contributed by atoms with Crippen molar-refractivity contribution in [2.75, 3.05) is 5.73 Å². The molecule has 3 aromatic rings. The first-order valence-corrected chi connectivity index (χ1v) is 10.5. The molecule has 0 amide bonds. The summed E-state index contributed by atoms with van der Waals surface area (Å²) in [6.45, 7) is 5.02. The van der Waals surface area contributed by atoms with Crippen LogP contribution in [0.3, 0.4) is 0 Å². The summed E-state index contributed by atoms with van der Waals surface area (Å²) in [5.41, 5.74) is 2.75. The van der Waals surface area contributed by atoms with Gasteiger partial charge in [-0.1, -0.05) is 11.6 Å². The lowest BCUT2D eigenvalue weighted by Crippen LogP contribution is -2.40. The lowest BCUT2D eigenvalue weighted by Gasteiger charge is -2.20. The molecule has 0 bridgehead atoms. The molecule has 0 saturated carbocycles. The molecule has 0 atom stereocenters. The molecule has 0 radical (unpaired) electrons. The number of halogens is 1. The van der Waals surface area contributed by atoms with E-state index in [1.165, 1.54) is 18.2 Å². The van der Waals surface area contributed by atoms with E-state index in [0.29, 0.717) is 0 Å². The van der Waals surface area contributed by atoms with Crippen LogP contribution in [0.1, 0.15) is 31.1 Å². The maximum Gasteiger partial charge on any atom is 0.343 e. The highest BCUT2D eigenvalue weighted by atomic mass is 35.5. The van der Waals surface area contributed by atoms with Crippen LogP contribution in [0, 0.1) is 0 Å². The van der Waals surface area contributed by atoms with Gasteiger partial charge in [0.05, 0.1) is 21.4 Å². The topological polar surface area (TPSA) is 141 Å². The third-order valence-electron chi connectivity index (χ3n) is 4.00. The number of ether oxygens (including phenoxy) is 1. The molecule has 2 aromatic carbocycles. The number of anilines is 1. The first-order chi connectivity index (χ1) is 13.8. The molecule has 30 heavy (non-hydrogen) atoms. The Balaban J connectivity index is 2.14. The summed E-state index contributed by atoms with van der Waals surface area (Å²) in [6, 6.07) is 7.27. The Bertz CT molecular complexity index is 1400. The minimum Gasteiger partial charge on any atom is -0.456 e. The molecule has 158 valence electrons. The van der Waals surface area contributed by atoms with E-state index in [-0.39, 0.29) is 31.1 Å². The Morgan fingerprint density at radius 3 is 2.40 bits per heavy atom. The van der Waals surface area contributed by atoms with Crippen molar-refractivity contribution >= 4 is 44.2 Å². The second-order valence-electron chi connectivity index (χ2n) is 7.45. The van der Waals surface area contributed by atoms with Gasteiger partial charge in [-0.3, -0.25) is 4.79 Å². The number of nitrogens with zero attached hydrogens (tertiary/aromatic N) is 1. The van der Waals surface area contributed by atoms with Gasteiger partial charge in [-0.25, -0.2) is 18.0 Å². The van der Waals surface area contributed by atoms with E-state index in [9.17, 15) is 22.8 Å². The number of H-pyrrole nitrogens is 1. The van der Waals surface area contributed by atoms with Gasteiger partial charge in [-0.15, -0.1) is 3.97 Å². The number of carbonyl (C=O) groups excluding carboxylic acids is 1. The maximum absolute atomic E-state index is 13.0. The van der Waals surface area contributed by atoms with Crippen LogP contribution in [0.2, 0.25) is 5.02 Å². The number of benzene rings is 2. The molecule has 0 unspecified atom stereocenters. The number of aromatic amines is 1. The SMILES string of the molecule is CC(C)(C)OC(=O)c1ccc(S(=O)(=O)n2c(=O)[nH]c3cc(Cl)ccc3c2=O)cc1N. The van der Waals surface area contributed by atoms with Crippen LogP contribution in [-0.2, 0) is 14.8 Å². The standard InChI is InChI=1S/C19H18ClN3O6S/c1-19(2,3)29-17(25)12-7-5-11(9-14(12)21)30(27,28)23-16(24)13-6-4-10(20)8-15(13)22-18(23)26/h4-9H,21H2,1-3H3,(H,22,26). The number of fused-ring (bicyclic) bond motifs is 1. The molecular weight excluding hydrogens is 434 g/mol. The number of rotatable bonds is 3. The van der Waals surface area contributed by atoms with E-state index in [0.717, 1.165) is 18.2 Å². The molecule has 11 heteroatoms. The van der Waals surface area contributed by atoms with Crippen LogP contribution >= 0.6 is 11.6 Å². The number of hydrogen-bond acceptors (Lipinski definition) is 7. The number of nitrogen functional groups attached to an aromatic ring is 1. The van der Waals surface area contributed by atoms with Crippen molar-refractivity contribution in [3.05, 3.63) is 67.8 Å². The molecule has 1 heterocycles. The molecule has 3 N–H and O–H groups in total. The second-order valence-corrected chi connectivity index (χ2v) is 9.67. The number of nitrogens with one attached hydrogen (secondary N) is 1. The van der Waals surface area contributed by atoms with Gasteiger partial charge in [-0.2, -0.15) is 0 Å². The number of nitrogens with two attached hydrogens (primary N) is 1. The number of aromatic nitrogens is 2. The summed E-state index contributed by atoms with van der Waals surface area (Å²) in [7, 11) is -4.61. The highest BCUT2D eigenvalue weighted by Gasteiger charge is 2.26. The summed E-state index contributed by atoms with van der Waals surface area (Å²) in [5, 5.41) is 0.226. The van der Waals surface area contributed by atoms with E-state index in [2.05, 4.69) is 4.98 Å². The first kappa shape index (κ1) is 21.6. The Morgan fingerprint density at radius 2 is 1.80 bits per heavy atom. The van der Waals surface area contributed by atoms with Crippen molar-refractivity contribution in [2.45, 2.75) is 31.3 Å². The van der Waals surface area contributed by atoms with E-state index in [1.807, 2.05) is 0 Å². The molecule has 9 nitrogen and oxygen atoms in total. The Hall–Kier alpha value is -3.11. The summed E-state index contributed by atoms with van der Waals surface area (Å²) < 4.78 is 31.3. The molecular formula is C19H18ClN3O6S. The molecule has 1 aromatic heterocycles. The van der Waals surface area contributed by atoms with Gasteiger partial charge in [0.1, 0.15) is 5.60 Å². The number of esters is 1. The molecule has 3 rings (SSSR count). The Morgan fingerprint density at radius 1 is 1.13 bits per heavy atom. The summed E-state index contributed by atoms with van der Waals surface area (Å²) in [4.78, 5) is 39.2. The van der Waals surface area contributed by atoms with E-state index < -0.39 is 37.7 Å². The van der Waals surface area contributed by atoms with Crippen molar-refractivity contribution in [1.29, 1.82) is 0 Å². The zero-order valence-corrected chi connectivity index (χ0v) is 17.8. The minimum absolute atomic E-state index is 0.0408. The molecule has 0 aliphatic rings. The Labute approximate surface area is 176 Å². The van der Waals surface area contributed by atoms with Gasteiger partial charge in [0.2, 0.25) is 0 Å². The number of hydrogen-bond donors (Lipinski definition) is 2. The molecule has 0 saturated heterocycles. The predicted octanol–water partition coefficient (Wildman–Crippen LogP) is 2.12. The van der Waals surface area contributed by atoms with Crippen LogP contribution in [0.15, 0.2) is 50.9 Å². The average molecular weight is 452 g/mol. The van der Waals surface area contributed by atoms with E-state index in [1.54, 1.807) is 20.8 Å². The fraction of sp³-hybridized carbons (Fsp3) is 0.211. The van der Waals surface area contributed by atoms with Gasteiger partial charge in [-0.05, 0) is 57.2 Å². The highest BCUT2D eigenvalue weighted by molar-refractivity contribution is 7.90. The molecule has 0 aliphatic carbocycles. The van der Waals surface area contributed by atoms with Crippen LogP contribution in [0.25, 0.3) is 10.9 Å². The largest absolute Gasteiger partial charge is 0.456 e. The van der Waals surface area contributed by atoms with Crippen LogP contribution in [0.4, 0.5) is 5.69 Å². The minimum atomic E-state index is -4.61. The lowest BCUT2D eigenvalue weighted by molar-refractivity contribution is 0.00707. The van der Waals surface area contributed by atoms with Crippen molar-refractivity contribution in [3.63, 3.8) is 0 Å². The van der Waals surface area contributed by atoms with Crippen molar-refractivity contribution in [1.82, 2.24) is 8.96 Å². The van der Waals surface area contributed by atoms with Gasteiger partial charge in [0, 0.05) is 10.7 Å². The average Bonchev–Trinajstić information content (AvgIpc) is 2.59. The maximum atomic E-state index is 13.0. The zero-order chi connectivity index (χ0) is 22.4. The third kappa shape index (κ3) is 3.96. The molecule has 0 aliphatic heterocycles. The normalized spacial score (nSPS) is 12.1. The fourth-order valence-corrected chi connectivity index (χ4v) is 4.20. The second kappa shape index (κ2) is 7.29. The van der Waals surface area contributed by atoms with E-state index in [4.69, 9.17) is 22.1 Å².